The van der Waals surface area contributed by atoms with Crippen LogP contribution in [-0.4, -0.2) is 25.5 Å². The van der Waals surface area contributed by atoms with Gasteiger partial charge in [0.05, 0.1) is 11.6 Å². The molecular formula is C13H9Cl2N5O. The minimum absolute atomic E-state index is 0.0815. The standard InChI is InChI=1S/C13H9Cl2N5O/c14-8-4-5-9(15)17-12(8)13(21)16-7-11-19-18-10-3-1-2-6-20(10)11/h1-6H,7H2,(H,16,21). The molecule has 0 fully saturated rings. The van der Waals surface area contributed by atoms with E-state index >= 15 is 0 Å². The zero-order valence-electron chi connectivity index (χ0n) is 10.6. The number of halogens is 2. The van der Waals surface area contributed by atoms with E-state index in [0.29, 0.717) is 11.5 Å². The highest BCUT2D eigenvalue weighted by atomic mass is 35.5. The maximum atomic E-state index is 12.1. The largest absolute Gasteiger partial charge is 0.343 e. The van der Waals surface area contributed by atoms with Gasteiger partial charge in [0.2, 0.25) is 0 Å². The van der Waals surface area contributed by atoms with Crippen molar-refractivity contribution in [2.75, 3.05) is 0 Å². The summed E-state index contributed by atoms with van der Waals surface area (Å²) in [5.41, 5.74) is 0.790. The highest BCUT2D eigenvalue weighted by molar-refractivity contribution is 6.34. The summed E-state index contributed by atoms with van der Waals surface area (Å²) in [5, 5.41) is 11.2. The van der Waals surface area contributed by atoms with Crippen LogP contribution in [0, 0.1) is 0 Å². The molecular weight excluding hydrogens is 313 g/mol. The Bertz CT molecular complexity index is 817. The maximum Gasteiger partial charge on any atom is 0.271 e. The van der Waals surface area contributed by atoms with Crippen molar-refractivity contribution in [1.29, 1.82) is 0 Å². The second kappa shape index (κ2) is 5.67. The second-order valence-corrected chi connectivity index (χ2v) is 4.99. The van der Waals surface area contributed by atoms with Crippen LogP contribution in [0.2, 0.25) is 10.2 Å². The second-order valence-electron chi connectivity index (χ2n) is 4.19. The van der Waals surface area contributed by atoms with Crippen LogP contribution in [0.4, 0.5) is 0 Å². The van der Waals surface area contributed by atoms with Gasteiger partial charge in [-0.05, 0) is 24.3 Å². The molecule has 0 saturated heterocycles. The van der Waals surface area contributed by atoms with Crippen molar-refractivity contribution in [3.05, 3.63) is 58.2 Å². The summed E-state index contributed by atoms with van der Waals surface area (Å²) >= 11 is 11.7. The summed E-state index contributed by atoms with van der Waals surface area (Å²) in [5.74, 6) is 0.187. The SMILES string of the molecule is O=C(NCc1nnc2ccccn12)c1nc(Cl)ccc1Cl. The average molecular weight is 322 g/mol. The summed E-state index contributed by atoms with van der Waals surface area (Å²) in [7, 11) is 0. The molecule has 0 aliphatic carbocycles. The molecule has 0 aromatic carbocycles. The van der Waals surface area contributed by atoms with Gasteiger partial charge in [-0.2, -0.15) is 0 Å². The first-order chi connectivity index (χ1) is 10.1. The van der Waals surface area contributed by atoms with E-state index in [1.165, 1.54) is 12.1 Å². The number of hydrogen-bond acceptors (Lipinski definition) is 4. The molecule has 6 nitrogen and oxygen atoms in total. The van der Waals surface area contributed by atoms with Crippen molar-refractivity contribution in [2.45, 2.75) is 6.54 Å². The Balaban J connectivity index is 1.78. The third-order valence-electron chi connectivity index (χ3n) is 2.82. The van der Waals surface area contributed by atoms with Crippen molar-refractivity contribution in [3.63, 3.8) is 0 Å². The predicted molar refractivity (Wildman–Crippen MR) is 78.4 cm³/mol. The fourth-order valence-electron chi connectivity index (χ4n) is 1.83. The topological polar surface area (TPSA) is 72.2 Å². The summed E-state index contributed by atoms with van der Waals surface area (Å²) in [4.78, 5) is 16.0. The number of nitrogens with one attached hydrogen (secondary N) is 1. The van der Waals surface area contributed by atoms with Gasteiger partial charge < -0.3 is 5.32 Å². The number of aromatic nitrogens is 4. The number of nitrogens with zero attached hydrogens (tertiary/aromatic N) is 4. The number of rotatable bonds is 3. The Morgan fingerprint density at radius 2 is 2.05 bits per heavy atom. The molecule has 3 aromatic rings. The van der Waals surface area contributed by atoms with E-state index in [1.807, 2.05) is 24.4 Å². The molecule has 0 radical (unpaired) electrons. The van der Waals surface area contributed by atoms with Crippen LogP contribution in [0.25, 0.3) is 5.65 Å². The van der Waals surface area contributed by atoms with Gasteiger partial charge >= 0.3 is 0 Å². The third kappa shape index (κ3) is 2.81. The lowest BCUT2D eigenvalue weighted by atomic mass is 10.3. The van der Waals surface area contributed by atoms with Gasteiger partial charge in [-0.25, -0.2) is 4.98 Å². The molecule has 3 heterocycles. The van der Waals surface area contributed by atoms with Crippen LogP contribution >= 0.6 is 23.2 Å². The highest BCUT2D eigenvalue weighted by Crippen LogP contribution is 2.16. The Hall–Kier alpha value is -2.18. The van der Waals surface area contributed by atoms with E-state index in [1.54, 1.807) is 4.40 Å². The Morgan fingerprint density at radius 3 is 2.90 bits per heavy atom. The molecule has 106 valence electrons. The number of pyridine rings is 2. The van der Waals surface area contributed by atoms with E-state index < -0.39 is 5.91 Å². The molecule has 0 atom stereocenters. The van der Waals surface area contributed by atoms with Crippen molar-refractivity contribution < 1.29 is 4.79 Å². The highest BCUT2D eigenvalue weighted by Gasteiger charge is 2.14. The molecule has 21 heavy (non-hydrogen) atoms. The summed E-state index contributed by atoms with van der Waals surface area (Å²) < 4.78 is 1.79. The Morgan fingerprint density at radius 1 is 1.19 bits per heavy atom. The molecule has 0 bridgehead atoms. The van der Waals surface area contributed by atoms with Crippen molar-refractivity contribution >= 4 is 34.8 Å². The van der Waals surface area contributed by atoms with Gasteiger partial charge in [0.15, 0.2) is 11.5 Å². The summed E-state index contributed by atoms with van der Waals surface area (Å²) in [6.45, 7) is 0.203. The van der Waals surface area contributed by atoms with E-state index in [4.69, 9.17) is 23.2 Å². The van der Waals surface area contributed by atoms with Gasteiger partial charge in [-0.15, -0.1) is 10.2 Å². The molecule has 0 spiro atoms. The van der Waals surface area contributed by atoms with Crippen molar-refractivity contribution in [2.24, 2.45) is 0 Å². The first-order valence-corrected chi connectivity index (χ1v) is 6.79. The summed E-state index contributed by atoms with van der Waals surface area (Å²) in [6, 6.07) is 8.60. The van der Waals surface area contributed by atoms with Crippen LogP contribution in [0.5, 0.6) is 0 Å². The molecule has 0 aliphatic heterocycles. The van der Waals surface area contributed by atoms with Crippen LogP contribution < -0.4 is 5.32 Å². The van der Waals surface area contributed by atoms with Gasteiger partial charge in [-0.3, -0.25) is 9.20 Å². The van der Waals surface area contributed by atoms with E-state index in [2.05, 4.69) is 20.5 Å². The number of carbonyl (C=O) groups excluding carboxylic acids is 1. The number of fused-ring (bicyclic) bond motifs is 1. The van der Waals surface area contributed by atoms with Crippen molar-refractivity contribution in [3.8, 4) is 0 Å². The third-order valence-corrected chi connectivity index (χ3v) is 3.33. The molecule has 1 N–H and O–H groups in total. The normalized spacial score (nSPS) is 10.8. The Kier molecular flexibility index (Phi) is 3.72. The molecule has 1 amide bonds. The van der Waals surface area contributed by atoms with E-state index in [-0.39, 0.29) is 22.4 Å². The molecule has 0 saturated carbocycles. The fourth-order valence-corrected chi connectivity index (χ4v) is 2.17. The number of carbonyl (C=O) groups is 1. The van der Waals surface area contributed by atoms with Crippen LogP contribution in [0.15, 0.2) is 36.5 Å². The first-order valence-electron chi connectivity index (χ1n) is 6.04. The maximum absolute atomic E-state index is 12.1. The molecule has 3 aromatic heterocycles. The van der Waals surface area contributed by atoms with Gasteiger partial charge in [0.1, 0.15) is 10.8 Å². The Labute approximate surface area is 129 Å². The van der Waals surface area contributed by atoms with Gasteiger partial charge in [0, 0.05) is 6.20 Å². The fraction of sp³-hybridized carbons (Fsp3) is 0.0769. The predicted octanol–water partition coefficient (Wildman–Crippen LogP) is 2.36. The van der Waals surface area contributed by atoms with Crippen LogP contribution in [-0.2, 0) is 6.54 Å². The number of amides is 1. The zero-order chi connectivity index (χ0) is 14.8. The molecule has 8 heteroatoms. The van der Waals surface area contributed by atoms with E-state index in [9.17, 15) is 4.79 Å². The molecule has 0 aliphatic rings. The minimum atomic E-state index is -0.421. The summed E-state index contributed by atoms with van der Waals surface area (Å²) in [6.07, 6.45) is 1.82. The lowest BCUT2D eigenvalue weighted by molar-refractivity contribution is 0.0945. The first kappa shape index (κ1) is 13.8. The lowest BCUT2D eigenvalue weighted by Crippen LogP contribution is -2.25. The van der Waals surface area contributed by atoms with E-state index in [0.717, 1.165) is 0 Å². The van der Waals surface area contributed by atoms with Crippen LogP contribution in [0.3, 0.4) is 0 Å². The monoisotopic (exact) mass is 321 g/mol. The lowest BCUT2D eigenvalue weighted by Gasteiger charge is -2.05. The average Bonchev–Trinajstić information content (AvgIpc) is 2.90. The smallest absolute Gasteiger partial charge is 0.271 e. The quantitative estimate of drug-likeness (QED) is 0.752. The molecule has 0 unspecified atom stereocenters. The van der Waals surface area contributed by atoms with Crippen molar-refractivity contribution in [1.82, 2.24) is 24.9 Å². The molecule has 3 rings (SSSR count). The number of hydrogen-bond donors (Lipinski definition) is 1. The van der Waals surface area contributed by atoms with Crippen LogP contribution in [0.1, 0.15) is 16.3 Å². The minimum Gasteiger partial charge on any atom is -0.343 e. The van der Waals surface area contributed by atoms with Gasteiger partial charge in [0.25, 0.3) is 5.91 Å². The van der Waals surface area contributed by atoms with Gasteiger partial charge in [-0.1, -0.05) is 29.3 Å². The zero-order valence-corrected chi connectivity index (χ0v) is 12.1.